The highest BCUT2D eigenvalue weighted by Gasteiger charge is 2.36. The van der Waals surface area contributed by atoms with Crippen LogP contribution in [0.4, 0.5) is 11.4 Å². The van der Waals surface area contributed by atoms with Crippen LogP contribution in [0.3, 0.4) is 0 Å². The summed E-state index contributed by atoms with van der Waals surface area (Å²) in [6.07, 6.45) is 0.889. The van der Waals surface area contributed by atoms with Crippen LogP contribution in [0.15, 0.2) is 77.8 Å². The van der Waals surface area contributed by atoms with Crippen LogP contribution >= 0.6 is 34.2 Å². The number of hydrogen-bond donors (Lipinski definition) is 0. The van der Waals surface area contributed by atoms with Gasteiger partial charge in [0.2, 0.25) is 0 Å². The summed E-state index contributed by atoms with van der Waals surface area (Å²) in [5.74, 6) is 1.90. The third-order valence-electron chi connectivity index (χ3n) is 4.66. The Bertz CT molecular complexity index is 953. The average Bonchev–Trinajstić information content (AvgIpc) is 2.68. The van der Waals surface area contributed by atoms with E-state index in [9.17, 15) is 0 Å². The van der Waals surface area contributed by atoms with Crippen LogP contribution in [0.1, 0.15) is 18.0 Å². The molecule has 3 nitrogen and oxygen atoms in total. The maximum absolute atomic E-state index is 6.06. The van der Waals surface area contributed by atoms with E-state index in [0.717, 1.165) is 34.4 Å². The van der Waals surface area contributed by atoms with Crippen molar-refractivity contribution in [3.8, 4) is 5.75 Å². The molecule has 0 bridgehead atoms. The fourth-order valence-electron chi connectivity index (χ4n) is 3.22. The van der Waals surface area contributed by atoms with Crippen LogP contribution < -0.4 is 9.64 Å². The van der Waals surface area contributed by atoms with Crippen LogP contribution in [-0.4, -0.2) is 12.9 Å². The van der Waals surface area contributed by atoms with Crippen LogP contribution in [0, 0.1) is 3.57 Å². The molecule has 1 atom stereocenters. The molecule has 1 heterocycles. The van der Waals surface area contributed by atoms with Gasteiger partial charge in [-0.3, -0.25) is 0 Å². The third kappa shape index (κ3) is 3.96. The Labute approximate surface area is 177 Å². The van der Waals surface area contributed by atoms with Gasteiger partial charge in [-0.25, -0.2) is 4.99 Å². The van der Waals surface area contributed by atoms with E-state index in [-0.39, 0.29) is 6.04 Å². The van der Waals surface area contributed by atoms with Crippen LogP contribution in [0.25, 0.3) is 0 Å². The van der Waals surface area contributed by atoms with Crippen molar-refractivity contribution in [1.29, 1.82) is 0 Å². The maximum atomic E-state index is 6.06. The summed E-state index contributed by atoms with van der Waals surface area (Å²) in [5, 5.41) is 0.752. The second-order valence-electron chi connectivity index (χ2n) is 6.34. The number of aliphatic imine (C=N–C) groups is 1. The zero-order chi connectivity index (χ0) is 18.8. The molecule has 1 fully saturated rings. The lowest BCUT2D eigenvalue weighted by molar-refractivity contribution is 0.415. The summed E-state index contributed by atoms with van der Waals surface area (Å²) < 4.78 is 6.50. The average molecular weight is 489 g/mol. The summed E-state index contributed by atoms with van der Waals surface area (Å²) >= 11 is 8.37. The van der Waals surface area contributed by atoms with Crippen molar-refractivity contribution < 1.29 is 4.74 Å². The fraction of sp³-hybridized carbons (Fsp3) is 0.136. The molecule has 5 heteroatoms. The van der Waals surface area contributed by atoms with Gasteiger partial charge < -0.3 is 9.64 Å². The molecule has 0 N–H and O–H groups in total. The van der Waals surface area contributed by atoms with Crippen molar-refractivity contribution in [3.05, 3.63) is 87.0 Å². The van der Waals surface area contributed by atoms with Crippen molar-refractivity contribution in [2.75, 3.05) is 12.0 Å². The lowest BCUT2D eigenvalue weighted by atomic mass is 9.92. The predicted molar refractivity (Wildman–Crippen MR) is 121 cm³/mol. The number of benzene rings is 3. The lowest BCUT2D eigenvalue weighted by Gasteiger charge is -2.44. The molecule has 0 radical (unpaired) electrons. The molecule has 1 aliphatic rings. The zero-order valence-corrected chi connectivity index (χ0v) is 17.7. The highest BCUT2D eigenvalue weighted by Crippen LogP contribution is 2.41. The summed E-state index contributed by atoms with van der Waals surface area (Å²) in [6, 6.07) is 24.7. The third-order valence-corrected chi connectivity index (χ3v) is 5.63. The molecular weight excluding hydrogens is 471 g/mol. The van der Waals surface area contributed by atoms with Gasteiger partial charge in [0, 0.05) is 20.7 Å². The normalized spacial score (nSPS) is 17.7. The van der Waals surface area contributed by atoms with Gasteiger partial charge in [0.15, 0.2) is 0 Å². The SMILES string of the molecule is COc1ccc(N2/C(=N/c3ccc(I)cc3)CC2c2ccc(Cl)cc2)cc1. The summed E-state index contributed by atoms with van der Waals surface area (Å²) in [5.41, 5.74) is 3.31. The van der Waals surface area contributed by atoms with Gasteiger partial charge in [0.05, 0.1) is 18.8 Å². The molecule has 0 spiro atoms. The highest BCUT2D eigenvalue weighted by atomic mass is 127. The minimum Gasteiger partial charge on any atom is -0.497 e. The molecule has 0 saturated carbocycles. The van der Waals surface area contributed by atoms with Gasteiger partial charge in [-0.1, -0.05) is 23.7 Å². The molecule has 0 amide bonds. The van der Waals surface area contributed by atoms with Gasteiger partial charge >= 0.3 is 0 Å². The molecule has 1 unspecified atom stereocenters. The first-order valence-corrected chi connectivity index (χ1v) is 10.1. The van der Waals surface area contributed by atoms with E-state index in [1.807, 2.05) is 24.3 Å². The first-order chi connectivity index (χ1) is 13.1. The number of halogens is 2. The van der Waals surface area contributed by atoms with Crippen molar-refractivity contribution in [2.45, 2.75) is 12.5 Å². The first-order valence-electron chi connectivity index (χ1n) is 8.66. The summed E-state index contributed by atoms with van der Waals surface area (Å²) in [7, 11) is 1.68. The topological polar surface area (TPSA) is 24.8 Å². The van der Waals surface area contributed by atoms with E-state index in [0.29, 0.717) is 0 Å². The van der Waals surface area contributed by atoms with E-state index >= 15 is 0 Å². The quantitative estimate of drug-likeness (QED) is 0.385. The second-order valence-corrected chi connectivity index (χ2v) is 8.03. The fourth-order valence-corrected chi connectivity index (χ4v) is 3.70. The maximum Gasteiger partial charge on any atom is 0.119 e. The number of ether oxygens (including phenoxy) is 1. The number of nitrogens with zero attached hydrogens (tertiary/aromatic N) is 2. The number of hydrogen-bond acceptors (Lipinski definition) is 2. The van der Waals surface area contributed by atoms with Gasteiger partial charge in [-0.05, 0) is 88.8 Å². The summed E-state index contributed by atoms with van der Waals surface area (Å²) in [6.45, 7) is 0. The second kappa shape index (κ2) is 7.90. The predicted octanol–water partition coefficient (Wildman–Crippen LogP) is 6.63. The number of rotatable bonds is 4. The van der Waals surface area contributed by atoms with Crippen LogP contribution in [0.2, 0.25) is 5.02 Å². The minimum absolute atomic E-state index is 0.248. The smallest absolute Gasteiger partial charge is 0.119 e. The molecule has 3 aromatic rings. The van der Waals surface area contributed by atoms with E-state index in [1.54, 1.807) is 7.11 Å². The molecule has 136 valence electrons. The molecule has 4 rings (SSSR count). The largest absolute Gasteiger partial charge is 0.497 e. The van der Waals surface area contributed by atoms with E-state index in [1.165, 1.54) is 9.13 Å². The Morgan fingerprint density at radius 1 is 0.963 bits per heavy atom. The monoisotopic (exact) mass is 488 g/mol. The number of amidine groups is 1. The van der Waals surface area contributed by atoms with Crippen molar-refractivity contribution in [1.82, 2.24) is 0 Å². The highest BCUT2D eigenvalue weighted by molar-refractivity contribution is 14.1. The van der Waals surface area contributed by atoms with Gasteiger partial charge in [0.1, 0.15) is 11.6 Å². The Morgan fingerprint density at radius 3 is 2.26 bits per heavy atom. The number of anilines is 1. The molecule has 0 aromatic heterocycles. The van der Waals surface area contributed by atoms with Crippen molar-refractivity contribution >= 4 is 51.4 Å². The zero-order valence-electron chi connectivity index (χ0n) is 14.8. The van der Waals surface area contributed by atoms with Gasteiger partial charge in [-0.15, -0.1) is 0 Å². The Kier molecular flexibility index (Phi) is 5.36. The number of methoxy groups -OCH3 is 1. The molecular formula is C22H18ClIN2O. The standard InChI is InChI=1S/C22H18ClIN2O/c1-27-20-12-10-19(11-13-20)26-21(15-2-4-16(23)5-3-15)14-22(26)25-18-8-6-17(24)7-9-18/h2-13,21H,14H2,1H3/b25-22+. The lowest BCUT2D eigenvalue weighted by Crippen LogP contribution is -2.46. The van der Waals surface area contributed by atoms with E-state index in [4.69, 9.17) is 21.3 Å². The van der Waals surface area contributed by atoms with Crippen LogP contribution in [0.5, 0.6) is 5.75 Å². The van der Waals surface area contributed by atoms with Crippen molar-refractivity contribution in [2.24, 2.45) is 4.99 Å². The molecule has 27 heavy (non-hydrogen) atoms. The Hall–Kier alpha value is -2.05. The molecule has 3 aromatic carbocycles. The van der Waals surface area contributed by atoms with Gasteiger partial charge in [0.25, 0.3) is 0 Å². The van der Waals surface area contributed by atoms with Gasteiger partial charge in [-0.2, -0.15) is 0 Å². The Balaban J connectivity index is 1.69. The van der Waals surface area contributed by atoms with E-state index < -0.39 is 0 Å². The summed E-state index contributed by atoms with van der Waals surface area (Å²) in [4.78, 5) is 7.16. The van der Waals surface area contributed by atoms with Crippen molar-refractivity contribution in [3.63, 3.8) is 0 Å². The van der Waals surface area contributed by atoms with Crippen LogP contribution in [-0.2, 0) is 0 Å². The molecule has 1 saturated heterocycles. The first kappa shape index (κ1) is 18.3. The van der Waals surface area contributed by atoms with E-state index in [2.05, 4.69) is 76.0 Å². The molecule has 1 aliphatic heterocycles. The molecule has 0 aliphatic carbocycles. The Morgan fingerprint density at radius 2 is 1.63 bits per heavy atom. The minimum atomic E-state index is 0.248.